The van der Waals surface area contributed by atoms with Gasteiger partial charge in [0.15, 0.2) is 0 Å². The highest BCUT2D eigenvalue weighted by atomic mass is 32.2. The highest BCUT2D eigenvalue weighted by Crippen LogP contribution is 2.19. The quantitative estimate of drug-likeness (QED) is 0.813. The summed E-state index contributed by atoms with van der Waals surface area (Å²) in [5.74, 6) is -0.314. The summed E-state index contributed by atoms with van der Waals surface area (Å²) >= 11 is 0. The maximum absolute atomic E-state index is 12.3. The van der Waals surface area contributed by atoms with Crippen molar-refractivity contribution in [2.75, 3.05) is 6.54 Å². The van der Waals surface area contributed by atoms with E-state index in [4.69, 9.17) is 0 Å². The van der Waals surface area contributed by atoms with Crippen molar-refractivity contribution in [1.29, 1.82) is 0 Å². The molecule has 1 aliphatic rings. The van der Waals surface area contributed by atoms with E-state index in [1.807, 2.05) is 27.7 Å². The van der Waals surface area contributed by atoms with Crippen LogP contribution in [0, 0.1) is 0 Å². The van der Waals surface area contributed by atoms with Gasteiger partial charge < -0.3 is 5.32 Å². The van der Waals surface area contributed by atoms with Crippen LogP contribution < -0.4 is 10.0 Å². The maximum Gasteiger partial charge on any atom is 0.280 e. The predicted molar refractivity (Wildman–Crippen MR) is 79.4 cm³/mol. The summed E-state index contributed by atoms with van der Waals surface area (Å²) in [6.07, 6.45) is 2.78. The lowest BCUT2D eigenvalue weighted by Crippen LogP contribution is -2.55. The van der Waals surface area contributed by atoms with Gasteiger partial charge in [0.1, 0.15) is 0 Å². The van der Waals surface area contributed by atoms with Gasteiger partial charge >= 0.3 is 0 Å². The van der Waals surface area contributed by atoms with Gasteiger partial charge in [-0.05, 0) is 47.5 Å². The second-order valence-corrected chi connectivity index (χ2v) is 8.19. The molecule has 7 heteroatoms. The molecule has 1 saturated heterocycles. The Hall–Kier alpha value is -0.660. The molecule has 6 nitrogen and oxygen atoms in total. The minimum absolute atomic E-state index is 0.0147. The first-order chi connectivity index (χ1) is 9.03. The van der Waals surface area contributed by atoms with E-state index in [0.29, 0.717) is 6.54 Å². The Morgan fingerprint density at radius 2 is 1.90 bits per heavy atom. The average molecular weight is 305 g/mol. The van der Waals surface area contributed by atoms with Crippen LogP contribution in [0.3, 0.4) is 0 Å². The molecule has 1 aliphatic heterocycles. The summed E-state index contributed by atoms with van der Waals surface area (Å²) in [6.45, 7) is 9.56. The van der Waals surface area contributed by atoms with Crippen molar-refractivity contribution in [3.8, 4) is 0 Å². The van der Waals surface area contributed by atoms with E-state index in [0.717, 1.165) is 19.3 Å². The minimum atomic E-state index is -3.61. The monoisotopic (exact) mass is 305 g/mol. The number of carbonyl (C=O) groups is 1. The number of nitrogens with one attached hydrogen (secondary N) is 2. The Labute approximate surface area is 122 Å². The smallest absolute Gasteiger partial charge is 0.280 e. The number of nitrogens with zero attached hydrogens (tertiary/aromatic N) is 1. The van der Waals surface area contributed by atoms with Crippen LogP contribution >= 0.6 is 0 Å². The minimum Gasteiger partial charge on any atom is -0.350 e. The van der Waals surface area contributed by atoms with Crippen LogP contribution in [0.4, 0.5) is 0 Å². The number of rotatable bonds is 4. The SMILES string of the molecule is C[C@@H](NS(=O)(=O)N1CCCC[C@@H]1C)C(=O)NC(C)(C)C. The van der Waals surface area contributed by atoms with Crippen LogP contribution in [-0.4, -0.2) is 42.8 Å². The highest BCUT2D eigenvalue weighted by Gasteiger charge is 2.32. The first-order valence-corrected chi connectivity index (χ1v) is 8.58. The molecular formula is C13H27N3O3S. The fourth-order valence-corrected chi connectivity index (χ4v) is 3.89. The molecule has 0 aromatic rings. The first-order valence-electron chi connectivity index (χ1n) is 7.14. The molecule has 1 amide bonds. The number of hydrogen-bond acceptors (Lipinski definition) is 3. The molecule has 0 saturated carbocycles. The molecule has 1 heterocycles. The zero-order valence-corrected chi connectivity index (χ0v) is 13.9. The molecule has 0 aromatic carbocycles. The summed E-state index contributed by atoms with van der Waals surface area (Å²) in [5, 5.41) is 2.77. The first kappa shape index (κ1) is 17.4. The van der Waals surface area contributed by atoms with Crippen molar-refractivity contribution in [1.82, 2.24) is 14.3 Å². The molecule has 0 aliphatic carbocycles. The molecule has 118 valence electrons. The number of piperidine rings is 1. The third-order valence-electron chi connectivity index (χ3n) is 3.27. The van der Waals surface area contributed by atoms with E-state index in [1.54, 1.807) is 6.92 Å². The van der Waals surface area contributed by atoms with Gasteiger partial charge in [0, 0.05) is 18.1 Å². The van der Waals surface area contributed by atoms with E-state index in [2.05, 4.69) is 10.0 Å². The molecule has 0 bridgehead atoms. The fraction of sp³-hybridized carbons (Fsp3) is 0.923. The van der Waals surface area contributed by atoms with Crippen LogP contribution in [0.25, 0.3) is 0 Å². The van der Waals surface area contributed by atoms with Crippen LogP contribution in [-0.2, 0) is 15.0 Å². The van der Waals surface area contributed by atoms with Gasteiger partial charge in [0.25, 0.3) is 10.2 Å². The fourth-order valence-electron chi connectivity index (χ4n) is 2.25. The molecule has 0 spiro atoms. The van der Waals surface area contributed by atoms with Crippen molar-refractivity contribution >= 4 is 16.1 Å². The Morgan fingerprint density at radius 1 is 1.30 bits per heavy atom. The van der Waals surface area contributed by atoms with Gasteiger partial charge in [0.05, 0.1) is 6.04 Å². The van der Waals surface area contributed by atoms with E-state index in [1.165, 1.54) is 4.31 Å². The van der Waals surface area contributed by atoms with Gasteiger partial charge in [0.2, 0.25) is 5.91 Å². The van der Waals surface area contributed by atoms with Crippen molar-refractivity contribution in [2.24, 2.45) is 0 Å². The van der Waals surface area contributed by atoms with Crippen LogP contribution in [0.15, 0.2) is 0 Å². The lowest BCUT2D eigenvalue weighted by atomic mass is 10.1. The summed E-state index contributed by atoms with van der Waals surface area (Å²) in [6, 6.07) is -0.799. The normalized spacial score (nSPS) is 23.4. The van der Waals surface area contributed by atoms with Crippen LogP contribution in [0.2, 0.25) is 0 Å². The van der Waals surface area contributed by atoms with E-state index in [-0.39, 0.29) is 17.5 Å². The number of carbonyl (C=O) groups excluding carboxylic acids is 1. The standard InChI is InChI=1S/C13H27N3O3S/c1-10-8-6-7-9-16(10)20(18,19)15-11(2)12(17)14-13(3,4)5/h10-11,15H,6-9H2,1-5H3,(H,14,17)/t10-,11+/m0/s1. The number of amides is 1. The molecule has 2 N–H and O–H groups in total. The van der Waals surface area contributed by atoms with Crippen molar-refractivity contribution in [3.05, 3.63) is 0 Å². The van der Waals surface area contributed by atoms with Gasteiger partial charge in [-0.2, -0.15) is 17.4 Å². The largest absolute Gasteiger partial charge is 0.350 e. The molecule has 0 unspecified atom stereocenters. The van der Waals surface area contributed by atoms with Gasteiger partial charge in [-0.25, -0.2) is 0 Å². The summed E-state index contributed by atoms with van der Waals surface area (Å²) in [7, 11) is -3.61. The molecule has 1 rings (SSSR count). The summed E-state index contributed by atoms with van der Waals surface area (Å²) in [4.78, 5) is 11.9. The topological polar surface area (TPSA) is 78.5 Å². The average Bonchev–Trinajstić information content (AvgIpc) is 2.26. The highest BCUT2D eigenvalue weighted by molar-refractivity contribution is 7.87. The molecule has 20 heavy (non-hydrogen) atoms. The lowest BCUT2D eigenvalue weighted by Gasteiger charge is -2.33. The Kier molecular flexibility index (Phi) is 5.57. The Morgan fingerprint density at radius 3 is 2.40 bits per heavy atom. The third-order valence-corrected chi connectivity index (χ3v) is 5.08. The molecule has 2 atom stereocenters. The van der Waals surface area contributed by atoms with Gasteiger partial charge in [-0.15, -0.1) is 0 Å². The summed E-state index contributed by atoms with van der Waals surface area (Å²) in [5.41, 5.74) is -0.380. The Balaban J connectivity index is 2.68. The molecule has 1 fully saturated rings. The predicted octanol–water partition coefficient (Wildman–Crippen LogP) is 0.998. The zero-order valence-electron chi connectivity index (χ0n) is 13.1. The molecule has 0 aromatic heterocycles. The van der Waals surface area contributed by atoms with Crippen LogP contribution in [0.1, 0.15) is 53.9 Å². The van der Waals surface area contributed by atoms with Crippen molar-refractivity contribution < 1.29 is 13.2 Å². The second kappa shape index (κ2) is 6.41. The Bertz CT molecular complexity index is 442. The van der Waals surface area contributed by atoms with Crippen molar-refractivity contribution in [2.45, 2.75) is 71.5 Å². The lowest BCUT2D eigenvalue weighted by molar-refractivity contribution is -0.123. The second-order valence-electron chi connectivity index (χ2n) is 6.54. The van der Waals surface area contributed by atoms with Gasteiger partial charge in [-0.3, -0.25) is 4.79 Å². The summed E-state index contributed by atoms with van der Waals surface area (Å²) < 4.78 is 28.5. The van der Waals surface area contributed by atoms with E-state index in [9.17, 15) is 13.2 Å². The number of hydrogen-bond donors (Lipinski definition) is 2. The van der Waals surface area contributed by atoms with Crippen molar-refractivity contribution in [3.63, 3.8) is 0 Å². The van der Waals surface area contributed by atoms with E-state index >= 15 is 0 Å². The third kappa shape index (κ3) is 5.03. The van der Waals surface area contributed by atoms with E-state index < -0.39 is 16.3 Å². The van der Waals surface area contributed by atoms with Gasteiger partial charge in [-0.1, -0.05) is 6.42 Å². The molecule has 0 radical (unpaired) electrons. The maximum atomic E-state index is 12.3. The molecular weight excluding hydrogens is 278 g/mol. The zero-order chi connectivity index (χ0) is 15.6. The van der Waals surface area contributed by atoms with Crippen LogP contribution in [0.5, 0.6) is 0 Å².